The first-order valence-corrected chi connectivity index (χ1v) is 4.89. The van der Waals surface area contributed by atoms with E-state index in [1.165, 1.54) is 0 Å². The summed E-state index contributed by atoms with van der Waals surface area (Å²) in [4.78, 5) is 18.6. The van der Waals surface area contributed by atoms with E-state index in [1.807, 2.05) is 6.07 Å². The van der Waals surface area contributed by atoms with Gasteiger partial charge in [-0.2, -0.15) is 0 Å². The average Bonchev–Trinajstić information content (AvgIpc) is 2.26. The van der Waals surface area contributed by atoms with E-state index in [-0.39, 0.29) is 5.56 Å². The molecule has 0 aliphatic rings. The fourth-order valence-electron chi connectivity index (χ4n) is 1.52. The summed E-state index contributed by atoms with van der Waals surface area (Å²) in [6.07, 6.45) is 5.15. The molecule has 0 bridgehead atoms. The van der Waals surface area contributed by atoms with E-state index < -0.39 is 0 Å². The number of terminal acetylenes is 1. The first-order valence-electron chi connectivity index (χ1n) is 4.89. The number of rotatable bonds is 2. The van der Waals surface area contributed by atoms with Crippen molar-refractivity contribution >= 4 is 16.6 Å². The second-order valence-electron chi connectivity index (χ2n) is 3.44. The maximum atomic E-state index is 11.7. The fourth-order valence-corrected chi connectivity index (χ4v) is 1.52. The molecule has 0 aliphatic heterocycles. The number of hydrogen-bond donors (Lipinski definition) is 2. The topological polar surface area (TPSA) is 57.8 Å². The molecule has 0 saturated heterocycles. The van der Waals surface area contributed by atoms with E-state index in [0.29, 0.717) is 23.3 Å². The van der Waals surface area contributed by atoms with Crippen molar-refractivity contribution in [2.75, 3.05) is 11.9 Å². The summed E-state index contributed by atoms with van der Waals surface area (Å²) in [7, 11) is 0. The van der Waals surface area contributed by atoms with Gasteiger partial charge in [0.05, 0.1) is 17.4 Å². The molecule has 80 valence electrons. The van der Waals surface area contributed by atoms with Crippen LogP contribution in [0.5, 0.6) is 0 Å². The van der Waals surface area contributed by atoms with Gasteiger partial charge in [0.25, 0.3) is 5.56 Å². The number of nitrogens with one attached hydrogen (secondary N) is 2. The number of H-pyrrole nitrogens is 1. The van der Waals surface area contributed by atoms with Crippen molar-refractivity contribution < 1.29 is 0 Å². The second-order valence-corrected chi connectivity index (χ2v) is 3.44. The molecule has 16 heavy (non-hydrogen) atoms. The maximum absolute atomic E-state index is 11.7. The number of anilines is 1. The summed E-state index contributed by atoms with van der Waals surface area (Å²) < 4.78 is 0. The molecule has 1 aromatic carbocycles. The molecular formula is C12H11N3O. The number of nitrogens with zero attached hydrogens (tertiary/aromatic N) is 1. The van der Waals surface area contributed by atoms with Gasteiger partial charge in [-0.3, -0.25) is 4.79 Å². The third kappa shape index (κ3) is 1.89. The highest BCUT2D eigenvalue weighted by atomic mass is 16.1. The van der Waals surface area contributed by atoms with Gasteiger partial charge in [0, 0.05) is 5.69 Å². The van der Waals surface area contributed by atoms with Crippen LogP contribution in [0.3, 0.4) is 0 Å². The Balaban J connectivity index is 2.54. The van der Waals surface area contributed by atoms with E-state index >= 15 is 0 Å². The molecule has 0 saturated carbocycles. The molecule has 0 fully saturated rings. The molecule has 0 spiro atoms. The summed E-state index contributed by atoms with van der Waals surface area (Å²) in [5.41, 5.74) is 1.38. The van der Waals surface area contributed by atoms with Gasteiger partial charge in [-0.05, 0) is 25.1 Å². The number of aryl methyl sites for hydroxylation is 1. The van der Waals surface area contributed by atoms with Crippen LogP contribution in [0, 0.1) is 19.3 Å². The van der Waals surface area contributed by atoms with Crippen LogP contribution in [0.4, 0.5) is 5.69 Å². The third-order valence-corrected chi connectivity index (χ3v) is 2.22. The minimum Gasteiger partial charge on any atom is -0.374 e. The van der Waals surface area contributed by atoms with E-state index in [0.717, 1.165) is 5.69 Å². The lowest BCUT2D eigenvalue weighted by atomic mass is 10.2. The Hall–Kier alpha value is -2.28. The van der Waals surface area contributed by atoms with E-state index in [9.17, 15) is 4.79 Å². The van der Waals surface area contributed by atoms with Gasteiger partial charge >= 0.3 is 0 Å². The van der Waals surface area contributed by atoms with Gasteiger partial charge in [-0.15, -0.1) is 6.42 Å². The first-order chi connectivity index (χ1) is 7.70. The summed E-state index contributed by atoms with van der Waals surface area (Å²) in [5.74, 6) is 3.09. The standard InChI is InChI=1S/C12H11N3O/c1-3-6-13-9-4-5-11-10(7-9)12(16)15-8(2)14-11/h1,4-5,7,13H,6H2,2H3,(H,14,15,16). The SMILES string of the molecule is C#CCNc1ccc2nc(C)[nH]c(=O)c2c1. The van der Waals surface area contributed by atoms with Gasteiger partial charge in [0.15, 0.2) is 0 Å². The van der Waals surface area contributed by atoms with Crippen molar-refractivity contribution in [2.24, 2.45) is 0 Å². The smallest absolute Gasteiger partial charge is 0.258 e. The summed E-state index contributed by atoms with van der Waals surface area (Å²) in [5, 5.41) is 3.57. The van der Waals surface area contributed by atoms with Gasteiger partial charge in [-0.1, -0.05) is 5.92 Å². The predicted molar refractivity (Wildman–Crippen MR) is 64.4 cm³/mol. The Morgan fingerprint density at radius 1 is 1.56 bits per heavy atom. The normalized spacial score (nSPS) is 10.0. The van der Waals surface area contributed by atoms with Crippen LogP contribution < -0.4 is 10.9 Å². The lowest BCUT2D eigenvalue weighted by Crippen LogP contribution is -2.10. The number of hydrogen-bond acceptors (Lipinski definition) is 3. The van der Waals surface area contributed by atoms with Crippen LogP contribution in [-0.2, 0) is 0 Å². The minimum absolute atomic E-state index is 0.133. The van der Waals surface area contributed by atoms with Gasteiger partial charge < -0.3 is 10.3 Å². The minimum atomic E-state index is -0.133. The Labute approximate surface area is 92.7 Å². The van der Waals surface area contributed by atoms with Gasteiger partial charge in [-0.25, -0.2) is 4.98 Å². The van der Waals surface area contributed by atoms with E-state index in [1.54, 1.807) is 19.1 Å². The van der Waals surface area contributed by atoms with Crippen LogP contribution in [0.1, 0.15) is 5.82 Å². The van der Waals surface area contributed by atoms with Crippen LogP contribution in [0.15, 0.2) is 23.0 Å². The molecule has 2 aromatic rings. The Morgan fingerprint density at radius 2 is 2.38 bits per heavy atom. The molecule has 0 amide bonds. The molecule has 0 radical (unpaired) electrons. The molecule has 4 nitrogen and oxygen atoms in total. The zero-order chi connectivity index (χ0) is 11.5. The highest BCUT2D eigenvalue weighted by Gasteiger charge is 2.02. The van der Waals surface area contributed by atoms with Crippen LogP contribution in [0.2, 0.25) is 0 Å². The van der Waals surface area contributed by atoms with Crippen LogP contribution in [0.25, 0.3) is 10.9 Å². The number of benzene rings is 1. The quantitative estimate of drug-likeness (QED) is 0.739. The third-order valence-electron chi connectivity index (χ3n) is 2.22. The van der Waals surface area contributed by atoms with Gasteiger partial charge in [0.2, 0.25) is 0 Å². The largest absolute Gasteiger partial charge is 0.374 e. The summed E-state index contributed by atoms with van der Waals surface area (Å²) in [6.45, 7) is 2.19. The predicted octanol–water partition coefficient (Wildman–Crippen LogP) is 1.28. The zero-order valence-electron chi connectivity index (χ0n) is 8.87. The highest BCUT2D eigenvalue weighted by Crippen LogP contribution is 2.13. The molecule has 1 heterocycles. The van der Waals surface area contributed by atoms with Crippen molar-refractivity contribution in [1.29, 1.82) is 0 Å². The first kappa shape index (κ1) is 10.2. The van der Waals surface area contributed by atoms with Crippen molar-refractivity contribution in [3.05, 3.63) is 34.4 Å². The Kier molecular flexibility index (Phi) is 2.61. The summed E-state index contributed by atoms with van der Waals surface area (Å²) in [6, 6.07) is 5.40. The molecule has 0 atom stereocenters. The monoisotopic (exact) mass is 213 g/mol. The Morgan fingerprint density at radius 3 is 3.12 bits per heavy atom. The molecule has 1 aromatic heterocycles. The molecule has 4 heteroatoms. The van der Waals surface area contributed by atoms with Crippen molar-refractivity contribution in [2.45, 2.75) is 6.92 Å². The van der Waals surface area contributed by atoms with E-state index in [2.05, 4.69) is 21.2 Å². The van der Waals surface area contributed by atoms with Crippen molar-refractivity contribution in [1.82, 2.24) is 9.97 Å². The lowest BCUT2D eigenvalue weighted by molar-refractivity contribution is 1.06. The van der Waals surface area contributed by atoms with Crippen molar-refractivity contribution in [3.63, 3.8) is 0 Å². The molecule has 2 rings (SSSR count). The van der Waals surface area contributed by atoms with Crippen LogP contribution in [-0.4, -0.2) is 16.5 Å². The fraction of sp³-hybridized carbons (Fsp3) is 0.167. The average molecular weight is 213 g/mol. The maximum Gasteiger partial charge on any atom is 0.258 e. The Bertz CT molecular complexity index is 622. The lowest BCUT2D eigenvalue weighted by Gasteiger charge is -2.04. The molecule has 0 unspecified atom stereocenters. The van der Waals surface area contributed by atoms with Gasteiger partial charge in [0.1, 0.15) is 5.82 Å². The van der Waals surface area contributed by atoms with E-state index in [4.69, 9.17) is 6.42 Å². The van der Waals surface area contributed by atoms with Crippen molar-refractivity contribution in [3.8, 4) is 12.3 Å². The van der Waals surface area contributed by atoms with Crippen LogP contribution >= 0.6 is 0 Å². The molecule has 0 aliphatic carbocycles. The molecular weight excluding hydrogens is 202 g/mol. The highest BCUT2D eigenvalue weighted by molar-refractivity contribution is 5.81. The molecule has 2 N–H and O–H groups in total. The second kappa shape index (κ2) is 4.07. The summed E-state index contributed by atoms with van der Waals surface area (Å²) >= 11 is 0. The zero-order valence-corrected chi connectivity index (χ0v) is 8.87. The number of fused-ring (bicyclic) bond motifs is 1. The number of aromatic nitrogens is 2. The number of aromatic amines is 1.